The molecule has 1 fully saturated rings. The smallest absolute Gasteiger partial charge is 0.260 e. The number of carbonyl (C=O) groups excluding carboxylic acids is 1. The summed E-state index contributed by atoms with van der Waals surface area (Å²) in [7, 11) is 0. The summed E-state index contributed by atoms with van der Waals surface area (Å²) in [6, 6.07) is 9.53. The Morgan fingerprint density at radius 1 is 1.21 bits per heavy atom. The van der Waals surface area contributed by atoms with Crippen LogP contribution in [0.4, 0.5) is 5.82 Å². The molecule has 28 heavy (non-hydrogen) atoms. The number of rotatable bonds is 5. The normalized spacial score (nSPS) is 16.1. The van der Waals surface area contributed by atoms with E-state index in [1.165, 1.54) is 0 Å². The van der Waals surface area contributed by atoms with Gasteiger partial charge in [0.15, 0.2) is 11.9 Å². The summed E-state index contributed by atoms with van der Waals surface area (Å²) >= 11 is 0. The minimum absolute atomic E-state index is 0.0874. The first-order valence-corrected chi connectivity index (χ1v) is 9.55. The number of aryl methyl sites for hydroxylation is 1. The SMILES string of the molecule is Cc1nnc2c(N3CCC(NC(=O)[C@H](C)Oc4ccccc4)CC3)nccn12. The van der Waals surface area contributed by atoms with Crippen molar-refractivity contribution >= 4 is 17.4 Å². The molecule has 1 saturated heterocycles. The summed E-state index contributed by atoms with van der Waals surface area (Å²) in [6.45, 7) is 5.30. The summed E-state index contributed by atoms with van der Waals surface area (Å²) in [4.78, 5) is 19.2. The van der Waals surface area contributed by atoms with E-state index in [1.807, 2.05) is 47.9 Å². The summed E-state index contributed by atoms with van der Waals surface area (Å²) in [5.41, 5.74) is 0.771. The molecular formula is C20H24N6O2. The van der Waals surface area contributed by atoms with Gasteiger partial charge < -0.3 is 15.0 Å². The van der Waals surface area contributed by atoms with E-state index in [2.05, 4.69) is 25.4 Å². The highest BCUT2D eigenvalue weighted by molar-refractivity contribution is 5.81. The molecule has 0 bridgehead atoms. The average Bonchev–Trinajstić information content (AvgIpc) is 3.10. The van der Waals surface area contributed by atoms with E-state index in [1.54, 1.807) is 13.1 Å². The van der Waals surface area contributed by atoms with E-state index < -0.39 is 6.10 Å². The zero-order valence-electron chi connectivity index (χ0n) is 16.1. The number of nitrogens with zero attached hydrogens (tertiary/aromatic N) is 5. The number of aromatic nitrogens is 4. The van der Waals surface area contributed by atoms with E-state index in [4.69, 9.17) is 4.74 Å². The second-order valence-electron chi connectivity index (χ2n) is 7.03. The Labute approximate surface area is 163 Å². The molecule has 8 nitrogen and oxygen atoms in total. The van der Waals surface area contributed by atoms with E-state index >= 15 is 0 Å². The lowest BCUT2D eigenvalue weighted by Crippen LogP contribution is -2.48. The van der Waals surface area contributed by atoms with E-state index in [9.17, 15) is 4.79 Å². The first-order valence-electron chi connectivity index (χ1n) is 9.55. The van der Waals surface area contributed by atoms with Crippen molar-refractivity contribution in [3.8, 4) is 5.75 Å². The van der Waals surface area contributed by atoms with Crippen LogP contribution in [0.15, 0.2) is 42.7 Å². The number of benzene rings is 1. The van der Waals surface area contributed by atoms with E-state index in [0.29, 0.717) is 5.75 Å². The van der Waals surface area contributed by atoms with Crippen molar-refractivity contribution in [2.75, 3.05) is 18.0 Å². The van der Waals surface area contributed by atoms with Gasteiger partial charge in [0.25, 0.3) is 5.91 Å². The zero-order valence-corrected chi connectivity index (χ0v) is 16.1. The molecule has 1 aliphatic rings. The van der Waals surface area contributed by atoms with Crippen LogP contribution in [0.1, 0.15) is 25.6 Å². The second kappa shape index (κ2) is 7.84. The van der Waals surface area contributed by atoms with Crippen LogP contribution < -0.4 is 15.0 Å². The first-order chi connectivity index (χ1) is 13.6. The molecule has 1 amide bonds. The minimum Gasteiger partial charge on any atom is -0.481 e. The molecule has 4 rings (SSSR count). The van der Waals surface area contributed by atoms with Gasteiger partial charge in [-0.05, 0) is 38.8 Å². The minimum atomic E-state index is -0.533. The average molecular weight is 380 g/mol. The molecule has 1 N–H and O–H groups in total. The number of hydrogen-bond donors (Lipinski definition) is 1. The first kappa shape index (κ1) is 18.2. The van der Waals surface area contributed by atoms with Crippen LogP contribution in [0.25, 0.3) is 5.65 Å². The Hall–Kier alpha value is -3.16. The third-order valence-corrected chi connectivity index (χ3v) is 5.04. The Morgan fingerprint density at radius 2 is 1.96 bits per heavy atom. The van der Waals surface area contributed by atoms with Crippen LogP contribution in [-0.4, -0.2) is 50.7 Å². The van der Waals surface area contributed by atoms with Crippen LogP contribution in [0.2, 0.25) is 0 Å². The highest BCUT2D eigenvalue weighted by Crippen LogP contribution is 2.22. The number of hydrogen-bond acceptors (Lipinski definition) is 6. The number of ether oxygens (including phenoxy) is 1. The molecule has 0 unspecified atom stereocenters. The topological polar surface area (TPSA) is 84.7 Å². The van der Waals surface area contributed by atoms with Gasteiger partial charge in [-0.1, -0.05) is 18.2 Å². The quantitative estimate of drug-likeness (QED) is 0.729. The van der Waals surface area contributed by atoms with Gasteiger partial charge in [-0.3, -0.25) is 9.20 Å². The Balaban J connectivity index is 1.33. The van der Waals surface area contributed by atoms with Crippen molar-refractivity contribution in [2.24, 2.45) is 0 Å². The fourth-order valence-electron chi connectivity index (χ4n) is 3.46. The maximum atomic E-state index is 12.5. The number of piperidine rings is 1. The van der Waals surface area contributed by atoms with Crippen molar-refractivity contribution in [1.29, 1.82) is 0 Å². The third-order valence-electron chi connectivity index (χ3n) is 5.04. The van der Waals surface area contributed by atoms with Gasteiger partial charge in [-0.15, -0.1) is 10.2 Å². The third kappa shape index (κ3) is 3.76. The number of para-hydroxylation sites is 1. The molecule has 3 heterocycles. The molecule has 0 saturated carbocycles. The lowest BCUT2D eigenvalue weighted by Gasteiger charge is -2.33. The molecular weight excluding hydrogens is 356 g/mol. The molecule has 0 aliphatic carbocycles. The lowest BCUT2D eigenvalue weighted by molar-refractivity contribution is -0.128. The van der Waals surface area contributed by atoms with Crippen molar-refractivity contribution in [3.05, 3.63) is 48.5 Å². The summed E-state index contributed by atoms with van der Waals surface area (Å²) in [5, 5.41) is 11.5. The lowest BCUT2D eigenvalue weighted by atomic mass is 10.0. The zero-order chi connectivity index (χ0) is 19.5. The second-order valence-corrected chi connectivity index (χ2v) is 7.03. The molecule has 1 aromatic carbocycles. The monoisotopic (exact) mass is 380 g/mol. The van der Waals surface area contributed by atoms with Gasteiger partial charge in [0.05, 0.1) is 0 Å². The van der Waals surface area contributed by atoms with E-state index in [-0.39, 0.29) is 11.9 Å². The van der Waals surface area contributed by atoms with E-state index in [0.717, 1.165) is 43.2 Å². The number of amides is 1. The molecule has 1 atom stereocenters. The van der Waals surface area contributed by atoms with Crippen LogP contribution in [0.5, 0.6) is 5.75 Å². The van der Waals surface area contributed by atoms with Gasteiger partial charge in [-0.2, -0.15) is 0 Å². The highest BCUT2D eigenvalue weighted by atomic mass is 16.5. The van der Waals surface area contributed by atoms with Crippen molar-refractivity contribution in [3.63, 3.8) is 0 Å². The highest BCUT2D eigenvalue weighted by Gasteiger charge is 2.25. The Morgan fingerprint density at radius 3 is 2.71 bits per heavy atom. The summed E-state index contributed by atoms with van der Waals surface area (Å²) < 4.78 is 7.65. The molecule has 1 aliphatic heterocycles. The number of carbonyl (C=O) groups is 1. The standard InChI is InChI=1S/C20H24N6O2/c1-14(28-17-6-4-3-5-7-17)20(27)22-16-8-11-25(12-9-16)18-19-24-23-15(2)26(19)13-10-21-18/h3-7,10,13-14,16H,8-9,11-12H2,1-2H3,(H,22,27)/t14-/m0/s1. The predicted octanol–water partition coefficient (Wildman–Crippen LogP) is 1.99. The molecule has 0 radical (unpaired) electrons. The van der Waals surface area contributed by atoms with Crippen molar-refractivity contribution in [1.82, 2.24) is 24.9 Å². The maximum absolute atomic E-state index is 12.5. The fourth-order valence-corrected chi connectivity index (χ4v) is 3.46. The van der Waals surface area contributed by atoms with Gasteiger partial charge in [0, 0.05) is 31.5 Å². The number of fused-ring (bicyclic) bond motifs is 1. The van der Waals surface area contributed by atoms with Crippen LogP contribution in [-0.2, 0) is 4.79 Å². The van der Waals surface area contributed by atoms with Crippen molar-refractivity contribution < 1.29 is 9.53 Å². The van der Waals surface area contributed by atoms with Gasteiger partial charge in [0.1, 0.15) is 11.6 Å². The van der Waals surface area contributed by atoms with Crippen LogP contribution >= 0.6 is 0 Å². The Kier molecular flexibility index (Phi) is 5.10. The molecule has 0 spiro atoms. The molecule has 8 heteroatoms. The summed E-state index contributed by atoms with van der Waals surface area (Å²) in [5.74, 6) is 2.29. The summed E-state index contributed by atoms with van der Waals surface area (Å²) in [6.07, 6.45) is 4.80. The largest absolute Gasteiger partial charge is 0.481 e. The fraction of sp³-hybridized carbons (Fsp3) is 0.400. The van der Waals surface area contributed by atoms with Gasteiger partial charge in [0.2, 0.25) is 5.65 Å². The Bertz CT molecular complexity index is 950. The van der Waals surface area contributed by atoms with Gasteiger partial charge >= 0.3 is 0 Å². The van der Waals surface area contributed by atoms with Crippen molar-refractivity contribution in [2.45, 2.75) is 38.8 Å². The number of nitrogens with one attached hydrogen (secondary N) is 1. The molecule has 2 aromatic heterocycles. The van der Waals surface area contributed by atoms with Gasteiger partial charge in [-0.25, -0.2) is 4.98 Å². The predicted molar refractivity (Wildman–Crippen MR) is 105 cm³/mol. The molecule has 146 valence electrons. The molecule has 3 aromatic rings. The number of anilines is 1. The maximum Gasteiger partial charge on any atom is 0.260 e. The van der Waals surface area contributed by atoms with Crippen LogP contribution in [0, 0.1) is 6.92 Å². The van der Waals surface area contributed by atoms with Crippen LogP contribution in [0.3, 0.4) is 0 Å².